The minimum Gasteiger partial charge on any atom is -0.326 e. The average molecular weight is 350 g/mol. The van der Waals surface area contributed by atoms with Gasteiger partial charge in [-0.15, -0.1) is 0 Å². The van der Waals surface area contributed by atoms with Crippen molar-refractivity contribution in [3.8, 4) is 0 Å². The van der Waals surface area contributed by atoms with E-state index in [2.05, 4.69) is 36.6 Å². The van der Waals surface area contributed by atoms with Crippen molar-refractivity contribution >= 4 is 23.2 Å². The highest BCUT2D eigenvalue weighted by Gasteiger charge is 2.29. The molecule has 1 aliphatic carbocycles. The van der Waals surface area contributed by atoms with Gasteiger partial charge in [0, 0.05) is 17.3 Å². The van der Waals surface area contributed by atoms with E-state index in [0.717, 1.165) is 36.2 Å². The summed E-state index contributed by atoms with van der Waals surface area (Å²) in [6.45, 7) is 4.40. The number of amides is 2. The van der Waals surface area contributed by atoms with Crippen molar-refractivity contribution in [3.63, 3.8) is 0 Å². The number of nitrogens with one attached hydrogen (secondary N) is 2. The zero-order chi connectivity index (χ0) is 18.5. The first-order valence-corrected chi connectivity index (χ1v) is 9.28. The van der Waals surface area contributed by atoms with Gasteiger partial charge in [-0.25, -0.2) is 0 Å². The van der Waals surface area contributed by atoms with Crippen molar-refractivity contribution in [3.05, 3.63) is 59.7 Å². The van der Waals surface area contributed by atoms with Gasteiger partial charge in [0.1, 0.15) is 0 Å². The van der Waals surface area contributed by atoms with Crippen molar-refractivity contribution in [1.82, 2.24) is 0 Å². The van der Waals surface area contributed by atoms with E-state index in [1.54, 1.807) is 0 Å². The Morgan fingerprint density at radius 3 is 1.96 bits per heavy atom. The highest BCUT2D eigenvalue weighted by atomic mass is 16.2. The van der Waals surface area contributed by atoms with Crippen LogP contribution >= 0.6 is 0 Å². The Morgan fingerprint density at radius 2 is 1.42 bits per heavy atom. The molecule has 2 N–H and O–H groups in total. The molecular formula is C22H26N2O2. The zero-order valence-electron chi connectivity index (χ0n) is 15.4. The second kappa shape index (κ2) is 8.17. The van der Waals surface area contributed by atoms with Crippen LogP contribution in [0.4, 0.5) is 11.4 Å². The first kappa shape index (κ1) is 18.2. The van der Waals surface area contributed by atoms with Gasteiger partial charge in [-0.1, -0.05) is 38.1 Å². The van der Waals surface area contributed by atoms with Crippen LogP contribution < -0.4 is 10.6 Å². The van der Waals surface area contributed by atoms with E-state index in [0.29, 0.717) is 12.3 Å². The maximum absolute atomic E-state index is 12.2. The first-order valence-electron chi connectivity index (χ1n) is 9.28. The lowest BCUT2D eigenvalue weighted by molar-refractivity contribution is -0.117. The van der Waals surface area contributed by atoms with Gasteiger partial charge in [0.25, 0.3) is 0 Å². The summed E-state index contributed by atoms with van der Waals surface area (Å²) in [5.41, 5.74) is 3.80. The molecule has 26 heavy (non-hydrogen) atoms. The Morgan fingerprint density at radius 1 is 0.885 bits per heavy atom. The van der Waals surface area contributed by atoms with Gasteiger partial charge in [-0.2, -0.15) is 0 Å². The molecule has 2 amide bonds. The van der Waals surface area contributed by atoms with E-state index < -0.39 is 0 Å². The van der Waals surface area contributed by atoms with Crippen molar-refractivity contribution in [2.24, 2.45) is 11.8 Å². The molecule has 0 spiro atoms. The van der Waals surface area contributed by atoms with Crippen molar-refractivity contribution in [2.75, 3.05) is 10.6 Å². The van der Waals surface area contributed by atoms with Gasteiger partial charge in [0.2, 0.25) is 11.8 Å². The molecule has 1 fully saturated rings. The average Bonchev–Trinajstić information content (AvgIpc) is 3.43. The molecule has 0 bridgehead atoms. The molecule has 0 heterocycles. The largest absolute Gasteiger partial charge is 0.326 e. The molecule has 1 saturated carbocycles. The molecule has 4 heteroatoms. The van der Waals surface area contributed by atoms with Crippen LogP contribution in [0.1, 0.15) is 37.8 Å². The molecule has 3 rings (SSSR count). The summed E-state index contributed by atoms with van der Waals surface area (Å²) in [5.74, 6) is 0.849. The number of carbonyl (C=O) groups is 2. The molecule has 0 radical (unpaired) electrons. The Balaban J connectivity index is 1.50. The minimum atomic E-state index is -0.0450. The molecular weight excluding hydrogens is 324 g/mol. The topological polar surface area (TPSA) is 58.2 Å². The van der Waals surface area contributed by atoms with Crippen LogP contribution in [0.25, 0.3) is 0 Å². The Kier molecular flexibility index (Phi) is 5.71. The van der Waals surface area contributed by atoms with Crippen LogP contribution in [-0.4, -0.2) is 11.8 Å². The fourth-order valence-electron chi connectivity index (χ4n) is 2.88. The Labute approximate surface area is 155 Å². The fourth-order valence-corrected chi connectivity index (χ4v) is 2.88. The number of anilines is 2. The van der Waals surface area contributed by atoms with Gasteiger partial charge >= 0.3 is 0 Å². The number of hydrogen-bond donors (Lipinski definition) is 2. The lowest BCUT2D eigenvalue weighted by Crippen LogP contribution is -2.15. The number of benzene rings is 2. The highest BCUT2D eigenvalue weighted by Crippen LogP contribution is 2.30. The summed E-state index contributed by atoms with van der Waals surface area (Å²) in [7, 11) is 0. The summed E-state index contributed by atoms with van der Waals surface area (Å²) in [5, 5.41) is 5.79. The Bertz CT molecular complexity index is 760. The SMILES string of the molecule is CC(C)Cc1ccc(CC(=O)Nc2ccc(NC(=O)C3CC3)cc2)cc1. The third kappa shape index (κ3) is 5.45. The number of rotatable bonds is 7. The van der Waals surface area contributed by atoms with Crippen molar-refractivity contribution in [1.29, 1.82) is 0 Å². The van der Waals surface area contributed by atoms with Crippen LogP contribution in [0.15, 0.2) is 48.5 Å². The predicted molar refractivity (Wildman–Crippen MR) is 105 cm³/mol. The second-order valence-electron chi connectivity index (χ2n) is 7.48. The first-order chi connectivity index (χ1) is 12.5. The summed E-state index contributed by atoms with van der Waals surface area (Å²) in [6.07, 6.45) is 3.37. The zero-order valence-corrected chi connectivity index (χ0v) is 15.4. The molecule has 4 nitrogen and oxygen atoms in total. The molecule has 0 aromatic heterocycles. The third-order valence-electron chi connectivity index (χ3n) is 4.42. The predicted octanol–water partition coefficient (Wildman–Crippen LogP) is 4.41. The molecule has 0 atom stereocenters. The highest BCUT2D eigenvalue weighted by molar-refractivity contribution is 5.95. The van der Waals surface area contributed by atoms with Gasteiger partial charge in [-0.05, 0) is 60.6 Å². The number of carbonyl (C=O) groups excluding carboxylic acids is 2. The van der Waals surface area contributed by atoms with E-state index in [-0.39, 0.29) is 17.7 Å². The van der Waals surface area contributed by atoms with Crippen LogP contribution in [0, 0.1) is 11.8 Å². The Hall–Kier alpha value is -2.62. The quantitative estimate of drug-likeness (QED) is 0.777. The summed E-state index contributed by atoms with van der Waals surface area (Å²) < 4.78 is 0. The van der Waals surface area contributed by atoms with E-state index in [1.165, 1.54) is 5.56 Å². The van der Waals surface area contributed by atoms with Gasteiger partial charge in [0.05, 0.1) is 6.42 Å². The molecule has 0 unspecified atom stereocenters. The lowest BCUT2D eigenvalue weighted by Gasteiger charge is -2.09. The van der Waals surface area contributed by atoms with E-state index >= 15 is 0 Å². The molecule has 0 aliphatic heterocycles. The standard InChI is InChI=1S/C22H26N2O2/c1-15(2)13-16-3-5-17(6-4-16)14-21(25)23-19-9-11-20(12-10-19)24-22(26)18-7-8-18/h3-6,9-12,15,18H,7-8,13-14H2,1-2H3,(H,23,25)(H,24,26). The molecule has 2 aromatic carbocycles. The van der Waals surface area contributed by atoms with Gasteiger partial charge < -0.3 is 10.6 Å². The third-order valence-corrected chi connectivity index (χ3v) is 4.42. The smallest absolute Gasteiger partial charge is 0.228 e. The normalized spacial score (nSPS) is 13.5. The fraction of sp³-hybridized carbons (Fsp3) is 0.364. The van der Waals surface area contributed by atoms with Crippen LogP contribution in [0.2, 0.25) is 0 Å². The van der Waals surface area contributed by atoms with Crippen LogP contribution in [0.3, 0.4) is 0 Å². The molecule has 0 saturated heterocycles. The minimum absolute atomic E-state index is 0.0450. The van der Waals surface area contributed by atoms with Crippen molar-refractivity contribution in [2.45, 2.75) is 39.5 Å². The maximum Gasteiger partial charge on any atom is 0.228 e. The molecule has 1 aliphatic rings. The van der Waals surface area contributed by atoms with Gasteiger partial charge in [0.15, 0.2) is 0 Å². The van der Waals surface area contributed by atoms with E-state index in [1.807, 2.05) is 36.4 Å². The lowest BCUT2D eigenvalue weighted by atomic mass is 10.0. The summed E-state index contributed by atoms with van der Waals surface area (Å²) in [4.78, 5) is 24.0. The van der Waals surface area contributed by atoms with E-state index in [4.69, 9.17) is 0 Å². The van der Waals surface area contributed by atoms with E-state index in [9.17, 15) is 9.59 Å². The monoisotopic (exact) mass is 350 g/mol. The maximum atomic E-state index is 12.2. The summed E-state index contributed by atoms with van der Waals surface area (Å²) in [6, 6.07) is 15.5. The van der Waals surface area contributed by atoms with Crippen LogP contribution in [-0.2, 0) is 22.4 Å². The number of hydrogen-bond acceptors (Lipinski definition) is 2. The molecule has 2 aromatic rings. The van der Waals surface area contributed by atoms with Crippen molar-refractivity contribution < 1.29 is 9.59 Å². The molecule has 136 valence electrons. The van der Waals surface area contributed by atoms with Gasteiger partial charge in [-0.3, -0.25) is 9.59 Å². The van der Waals surface area contributed by atoms with Crippen LogP contribution in [0.5, 0.6) is 0 Å². The second-order valence-corrected chi connectivity index (χ2v) is 7.48. The summed E-state index contributed by atoms with van der Waals surface area (Å²) >= 11 is 0.